The molecule has 2 N–H and O–H groups in total. The van der Waals surface area contributed by atoms with Gasteiger partial charge in [0.05, 0.1) is 12.2 Å². The van der Waals surface area contributed by atoms with Gasteiger partial charge in [0.1, 0.15) is 17.2 Å². The van der Waals surface area contributed by atoms with E-state index in [1.165, 1.54) is 0 Å². The Morgan fingerprint density at radius 2 is 2.05 bits per heavy atom. The molecule has 0 saturated heterocycles. The van der Waals surface area contributed by atoms with Crippen molar-refractivity contribution in [3.8, 4) is 0 Å². The van der Waals surface area contributed by atoms with E-state index in [1.54, 1.807) is 32.2 Å². The lowest BCUT2D eigenvalue weighted by molar-refractivity contribution is 0.0697. The predicted octanol–water partition coefficient (Wildman–Crippen LogP) is 2.11. The molecule has 0 aliphatic heterocycles. The molecule has 0 bridgehead atoms. The average molecular weight is 272 g/mol. The minimum absolute atomic E-state index is 0.196. The zero-order valence-electron chi connectivity index (χ0n) is 11.6. The van der Waals surface area contributed by atoms with E-state index in [1.807, 2.05) is 6.92 Å². The number of nitrogens with one attached hydrogen (secondary N) is 1. The van der Waals surface area contributed by atoms with Crippen molar-refractivity contribution in [3.63, 3.8) is 0 Å². The van der Waals surface area contributed by atoms with Crippen LogP contribution >= 0.6 is 0 Å². The summed E-state index contributed by atoms with van der Waals surface area (Å²) in [4.78, 5) is 23.9. The molecule has 0 unspecified atom stereocenters. The van der Waals surface area contributed by atoms with Crippen molar-refractivity contribution in [1.29, 1.82) is 0 Å². The number of carboxylic acid groups (broad SMARTS) is 1. The van der Waals surface area contributed by atoms with Gasteiger partial charge < -0.3 is 10.4 Å². The summed E-state index contributed by atoms with van der Waals surface area (Å²) in [5.41, 5.74) is 2.44. The Labute approximate surface area is 116 Å². The van der Waals surface area contributed by atoms with Crippen LogP contribution in [-0.2, 0) is 6.54 Å². The first-order valence-electron chi connectivity index (χ1n) is 6.21. The van der Waals surface area contributed by atoms with Gasteiger partial charge in [0, 0.05) is 11.9 Å². The molecule has 20 heavy (non-hydrogen) atoms. The smallest absolute Gasteiger partial charge is 0.339 e. The molecule has 0 spiro atoms. The number of aromatic carboxylic acids is 1. The third-order valence-electron chi connectivity index (χ3n) is 2.83. The maximum absolute atomic E-state index is 11.3. The molecule has 2 heterocycles. The van der Waals surface area contributed by atoms with Crippen LogP contribution < -0.4 is 5.32 Å². The number of aromatic nitrogens is 3. The molecule has 6 nitrogen and oxygen atoms in total. The van der Waals surface area contributed by atoms with Crippen molar-refractivity contribution in [3.05, 3.63) is 46.7 Å². The van der Waals surface area contributed by atoms with Crippen LogP contribution in [0.5, 0.6) is 0 Å². The van der Waals surface area contributed by atoms with E-state index in [0.717, 1.165) is 11.4 Å². The number of aryl methyl sites for hydroxylation is 3. The van der Waals surface area contributed by atoms with E-state index in [9.17, 15) is 9.90 Å². The van der Waals surface area contributed by atoms with Gasteiger partial charge in [-0.3, -0.25) is 0 Å². The van der Waals surface area contributed by atoms with Crippen LogP contribution in [0.15, 0.2) is 18.3 Å². The third kappa shape index (κ3) is 3.09. The number of rotatable bonds is 4. The number of nitrogens with zero attached hydrogens (tertiary/aromatic N) is 3. The van der Waals surface area contributed by atoms with Crippen LogP contribution in [0.25, 0.3) is 0 Å². The predicted molar refractivity (Wildman–Crippen MR) is 74.8 cm³/mol. The molecule has 2 aromatic rings. The molecule has 0 atom stereocenters. The minimum Gasteiger partial charge on any atom is -0.478 e. The quantitative estimate of drug-likeness (QED) is 0.886. The highest BCUT2D eigenvalue weighted by molar-refractivity contribution is 5.94. The lowest BCUT2D eigenvalue weighted by Crippen LogP contribution is -2.12. The van der Waals surface area contributed by atoms with Gasteiger partial charge in [-0.25, -0.2) is 19.7 Å². The molecule has 104 valence electrons. The molecular formula is C14H16N4O2. The molecule has 0 saturated carbocycles. The van der Waals surface area contributed by atoms with Crippen LogP contribution in [0.2, 0.25) is 0 Å². The summed E-state index contributed by atoms with van der Waals surface area (Å²) in [6, 6.07) is 3.53. The molecule has 2 aromatic heterocycles. The summed E-state index contributed by atoms with van der Waals surface area (Å²) in [6.45, 7) is 5.80. The fraction of sp³-hybridized carbons (Fsp3) is 0.286. The van der Waals surface area contributed by atoms with Gasteiger partial charge in [-0.05, 0) is 38.5 Å². The summed E-state index contributed by atoms with van der Waals surface area (Å²) >= 11 is 0. The van der Waals surface area contributed by atoms with Crippen LogP contribution in [0.1, 0.15) is 33.1 Å². The minimum atomic E-state index is -0.989. The van der Waals surface area contributed by atoms with E-state index in [4.69, 9.17) is 0 Å². The molecule has 2 rings (SSSR count). The molecule has 6 heteroatoms. The highest BCUT2D eigenvalue weighted by atomic mass is 16.4. The Balaban J connectivity index is 2.27. The fourth-order valence-electron chi connectivity index (χ4n) is 2.01. The second-order valence-corrected chi connectivity index (χ2v) is 4.56. The normalized spacial score (nSPS) is 10.3. The Morgan fingerprint density at radius 3 is 2.70 bits per heavy atom. The summed E-state index contributed by atoms with van der Waals surface area (Å²) in [6.07, 6.45) is 1.67. The van der Waals surface area contributed by atoms with Gasteiger partial charge in [-0.2, -0.15) is 0 Å². The molecule has 0 aliphatic rings. The Morgan fingerprint density at radius 1 is 1.30 bits per heavy atom. The summed E-state index contributed by atoms with van der Waals surface area (Å²) < 4.78 is 0. The van der Waals surface area contributed by atoms with Crippen molar-refractivity contribution in [2.75, 3.05) is 5.32 Å². The van der Waals surface area contributed by atoms with Crippen molar-refractivity contribution >= 4 is 11.8 Å². The average Bonchev–Trinajstić information content (AvgIpc) is 2.35. The van der Waals surface area contributed by atoms with Crippen molar-refractivity contribution in [2.45, 2.75) is 27.3 Å². The highest BCUT2D eigenvalue weighted by Crippen LogP contribution is 2.19. The second kappa shape index (κ2) is 5.64. The number of carboxylic acids is 1. The SMILES string of the molecule is Cc1cc(C)c(C(=O)O)c(NCc2ccnc(C)n2)n1. The zero-order valence-corrected chi connectivity index (χ0v) is 11.6. The topological polar surface area (TPSA) is 88.0 Å². The maximum Gasteiger partial charge on any atom is 0.339 e. The first kappa shape index (κ1) is 13.9. The largest absolute Gasteiger partial charge is 0.478 e. The van der Waals surface area contributed by atoms with Gasteiger partial charge in [-0.15, -0.1) is 0 Å². The van der Waals surface area contributed by atoms with Gasteiger partial charge in [0.2, 0.25) is 0 Å². The molecule has 0 aliphatic carbocycles. The second-order valence-electron chi connectivity index (χ2n) is 4.56. The van der Waals surface area contributed by atoms with Gasteiger partial charge in [0.15, 0.2) is 0 Å². The van der Waals surface area contributed by atoms with Crippen LogP contribution in [-0.4, -0.2) is 26.0 Å². The molecular weight excluding hydrogens is 256 g/mol. The number of pyridine rings is 1. The monoisotopic (exact) mass is 272 g/mol. The number of anilines is 1. The van der Waals surface area contributed by atoms with Crippen molar-refractivity contribution in [2.24, 2.45) is 0 Å². The van der Waals surface area contributed by atoms with E-state index in [0.29, 0.717) is 23.8 Å². The Kier molecular flexibility index (Phi) is 3.93. The van der Waals surface area contributed by atoms with E-state index >= 15 is 0 Å². The van der Waals surface area contributed by atoms with Crippen molar-refractivity contribution in [1.82, 2.24) is 15.0 Å². The van der Waals surface area contributed by atoms with Gasteiger partial charge in [0.25, 0.3) is 0 Å². The first-order valence-corrected chi connectivity index (χ1v) is 6.21. The van der Waals surface area contributed by atoms with Crippen LogP contribution in [0, 0.1) is 20.8 Å². The van der Waals surface area contributed by atoms with E-state index in [-0.39, 0.29) is 5.56 Å². The molecule has 0 aromatic carbocycles. The summed E-state index contributed by atoms with van der Waals surface area (Å²) in [7, 11) is 0. The number of hydrogen-bond donors (Lipinski definition) is 2. The van der Waals surface area contributed by atoms with E-state index < -0.39 is 5.97 Å². The highest BCUT2D eigenvalue weighted by Gasteiger charge is 2.15. The first-order chi connectivity index (χ1) is 9.47. The standard InChI is InChI=1S/C14H16N4O2/c1-8-6-9(2)17-13(12(8)14(19)20)16-7-11-4-5-15-10(3)18-11/h4-6H,7H2,1-3H3,(H,16,17)(H,19,20). The lowest BCUT2D eigenvalue weighted by Gasteiger charge is -2.11. The third-order valence-corrected chi connectivity index (χ3v) is 2.83. The van der Waals surface area contributed by atoms with E-state index in [2.05, 4.69) is 20.3 Å². The summed E-state index contributed by atoms with van der Waals surface area (Å²) in [5, 5.41) is 12.3. The zero-order chi connectivity index (χ0) is 14.7. The van der Waals surface area contributed by atoms with Crippen LogP contribution in [0.4, 0.5) is 5.82 Å². The Hall–Kier alpha value is -2.50. The summed E-state index contributed by atoms with van der Waals surface area (Å²) in [5.74, 6) is 0.0544. The fourth-order valence-corrected chi connectivity index (χ4v) is 2.01. The van der Waals surface area contributed by atoms with Crippen LogP contribution in [0.3, 0.4) is 0 Å². The maximum atomic E-state index is 11.3. The molecule has 0 amide bonds. The van der Waals surface area contributed by atoms with Gasteiger partial charge in [-0.1, -0.05) is 0 Å². The van der Waals surface area contributed by atoms with Gasteiger partial charge >= 0.3 is 5.97 Å². The Bertz CT molecular complexity index is 656. The number of hydrogen-bond acceptors (Lipinski definition) is 5. The number of carbonyl (C=O) groups is 1. The molecule has 0 radical (unpaired) electrons. The molecule has 0 fully saturated rings. The van der Waals surface area contributed by atoms with Crippen molar-refractivity contribution < 1.29 is 9.90 Å². The lowest BCUT2D eigenvalue weighted by atomic mass is 10.1.